The van der Waals surface area contributed by atoms with Gasteiger partial charge in [0.05, 0.1) is 0 Å². The van der Waals surface area contributed by atoms with Crippen molar-refractivity contribution in [3.05, 3.63) is 0 Å². The standard InChI is InChI=1S/C8H22OSi2/c1-7(10)11(5,6)9-8(2,3)4/h7H,1-6,10H3. The van der Waals surface area contributed by atoms with E-state index >= 15 is 0 Å². The third-order valence-corrected chi connectivity index (χ3v) is 10.1. The number of hydrogen-bond acceptors (Lipinski definition) is 1. The van der Waals surface area contributed by atoms with Crippen LogP contribution in [0.3, 0.4) is 0 Å². The first kappa shape index (κ1) is 11.4. The molecule has 0 bridgehead atoms. The zero-order valence-corrected chi connectivity index (χ0v) is 12.0. The summed E-state index contributed by atoms with van der Waals surface area (Å²) in [4.78, 5) is 0. The minimum Gasteiger partial charge on any atom is -0.413 e. The molecule has 11 heavy (non-hydrogen) atoms. The second-order valence-electron chi connectivity index (χ2n) is 4.97. The van der Waals surface area contributed by atoms with Gasteiger partial charge in [0.25, 0.3) is 0 Å². The Morgan fingerprint density at radius 3 is 1.73 bits per heavy atom. The molecule has 3 heteroatoms. The molecule has 0 aromatic heterocycles. The summed E-state index contributed by atoms with van der Waals surface area (Å²) in [6.07, 6.45) is 0. The topological polar surface area (TPSA) is 9.23 Å². The molecule has 0 aliphatic heterocycles. The maximum atomic E-state index is 6.06. The monoisotopic (exact) mass is 190 g/mol. The van der Waals surface area contributed by atoms with E-state index in [9.17, 15) is 0 Å². The van der Waals surface area contributed by atoms with Crippen LogP contribution in [0.15, 0.2) is 0 Å². The summed E-state index contributed by atoms with van der Waals surface area (Å²) < 4.78 is 6.06. The summed E-state index contributed by atoms with van der Waals surface area (Å²) in [5.41, 5.74) is 0.0500. The summed E-state index contributed by atoms with van der Waals surface area (Å²) in [6.45, 7) is 13.4. The number of hydrogen-bond donors (Lipinski definition) is 0. The first-order valence-electron chi connectivity index (χ1n) is 4.35. The van der Waals surface area contributed by atoms with Crippen molar-refractivity contribution in [3.63, 3.8) is 0 Å². The Labute approximate surface area is 75.1 Å². The molecule has 0 aromatic rings. The van der Waals surface area contributed by atoms with Gasteiger partial charge < -0.3 is 4.43 Å². The van der Waals surface area contributed by atoms with Gasteiger partial charge in [0.1, 0.15) is 0 Å². The van der Waals surface area contributed by atoms with E-state index in [1.807, 2.05) is 0 Å². The fourth-order valence-corrected chi connectivity index (χ4v) is 3.07. The highest BCUT2D eigenvalue weighted by molar-refractivity contribution is 6.78. The Balaban J connectivity index is 4.13. The minimum atomic E-state index is -1.35. The van der Waals surface area contributed by atoms with Crippen LogP contribution in [0.25, 0.3) is 0 Å². The predicted molar refractivity (Wildman–Crippen MR) is 57.7 cm³/mol. The van der Waals surface area contributed by atoms with E-state index in [0.717, 1.165) is 5.16 Å². The van der Waals surface area contributed by atoms with Crippen molar-refractivity contribution in [2.45, 2.75) is 51.6 Å². The van der Waals surface area contributed by atoms with E-state index in [1.165, 1.54) is 10.2 Å². The van der Waals surface area contributed by atoms with Crippen LogP contribution in [0.4, 0.5) is 0 Å². The van der Waals surface area contributed by atoms with E-state index in [4.69, 9.17) is 4.43 Å². The lowest BCUT2D eigenvalue weighted by Gasteiger charge is -2.35. The summed E-state index contributed by atoms with van der Waals surface area (Å²) in [7, 11) is -0.0970. The van der Waals surface area contributed by atoms with Gasteiger partial charge in [-0.1, -0.05) is 6.92 Å². The molecule has 0 amide bonds. The Morgan fingerprint density at radius 1 is 1.27 bits per heavy atom. The van der Waals surface area contributed by atoms with Gasteiger partial charge in [-0.3, -0.25) is 0 Å². The quantitative estimate of drug-likeness (QED) is 0.603. The van der Waals surface area contributed by atoms with E-state index in [2.05, 4.69) is 40.8 Å². The van der Waals surface area contributed by atoms with Crippen LogP contribution in [0, 0.1) is 0 Å². The van der Waals surface area contributed by atoms with E-state index in [1.54, 1.807) is 0 Å². The van der Waals surface area contributed by atoms with Gasteiger partial charge in [-0.05, 0) is 39.0 Å². The molecule has 0 aliphatic rings. The van der Waals surface area contributed by atoms with Crippen molar-refractivity contribution in [3.8, 4) is 0 Å². The smallest absolute Gasteiger partial charge is 0.186 e. The molecule has 0 saturated carbocycles. The first-order valence-corrected chi connectivity index (χ1v) is 8.49. The van der Waals surface area contributed by atoms with Gasteiger partial charge in [0.15, 0.2) is 8.32 Å². The van der Waals surface area contributed by atoms with Crippen LogP contribution in [0.2, 0.25) is 18.3 Å². The van der Waals surface area contributed by atoms with Crippen molar-refractivity contribution in [2.75, 3.05) is 0 Å². The molecule has 0 fully saturated rings. The van der Waals surface area contributed by atoms with Crippen molar-refractivity contribution in [2.24, 2.45) is 0 Å². The Kier molecular flexibility index (Phi) is 3.53. The molecule has 0 radical (unpaired) electrons. The van der Waals surface area contributed by atoms with Crippen LogP contribution in [0.1, 0.15) is 27.7 Å². The molecule has 0 saturated heterocycles. The lowest BCUT2D eigenvalue weighted by Crippen LogP contribution is -2.42. The fourth-order valence-electron chi connectivity index (χ4n) is 0.907. The van der Waals surface area contributed by atoms with E-state index in [0.29, 0.717) is 0 Å². The number of rotatable bonds is 2. The molecule has 1 atom stereocenters. The molecule has 1 unspecified atom stereocenters. The largest absolute Gasteiger partial charge is 0.413 e. The van der Waals surface area contributed by atoms with Crippen LogP contribution in [0.5, 0.6) is 0 Å². The lowest BCUT2D eigenvalue weighted by atomic mass is 10.2. The zero-order chi connectivity index (χ0) is 9.28. The third-order valence-electron chi connectivity index (χ3n) is 1.96. The molecule has 68 valence electrons. The summed E-state index contributed by atoms with van der Waals surface area (Å²) in [5.74, 6) is 0. The van der Waals surface area contributed by atoms with Gasteiger partial charge >= 0.3 is 0 Å². The lowest BCUT2D eigenvalue weighted by molar-refractivity contribution is 0.119. The van der Waals surface area contributed by atoms with Crippen LogP contribution >= 0.6 is 0 Å². The minimum absolute atomic E-state index is 0.0500. The van der Waals surface area contributed by atoms with Crippen LogP contribution in [-0.2, 0) is 4.43 Å². The van der Waals surface area contributed by atoms with Crippen molar-refractivity contribution < 1.29 is 4.43 Å². The molecule has 1 nitrogen and oxygen atoms in total. The normalized spacial score (nSPS) is 16.9. The summed E-state index contributed by atoms with van der Waals surface area (Å²) >= 11 is 0. The Morgan fingerprint density at radius 2 is 1.64 bits per heavy atom. The Bertz CT molecular complexity index is 125. The second-order valence-corrected chi connectivity index (χ2v) is 12.4. The highest BCUT2D eigenvalue weighted by Gasteiger charge is 2.31. The second kappa shape index (κ2) is 3.41. The maximum absolute atomic E-state index is 6.06. The van der Waals surface area contributed by atoms with Gasteiger partial charge in [-0.15, -0.1) is 0 Å². The highest BCUT2D eigenvalue weighted by atomic mass is 28.4. The molecule has 0 aliphatic carbocycles. The molecule has 0 heterocycles. The van der Waals surface area contributed by atoms with Crippen molar-refractivity contribution >= 4 is 18.6 Å². The van der Waals surface area contributed by atoms with Crippen molar-refractivity contribution in [1.82, 2.24) is 0 Å². The van der Waals surface area contributed by atoms with Gasteiger partial charge in [0.2, 0.25) is 0 Å². The first-order chi connectivity index (χ1) is 4.65. The molecular weight excluding hydrogens is 168 g/mol. The molecular formula is C8H22OSi2. The highest BCUT2D eigenvalue weighted by Crippen LogP contribution is 2.24. The van der Waals surface area contributed by atoms with Crippen LogP contribution in [-0.4, -0.2) is 24.2 Å². The van der Waals surface area contributed by atoms with Gasteiger partial charge in [-0.25, -0.2) is 0 Å². The van der Waals surface area contributed by atoms with Crippen molar-refractivity contribution in [1.29, 1.82) is 0 Å². The Hall–Kier alpha value is 0.394. The maximum Gasteiger partial charge on any atom is 0.186 e. The summed E-state index contributed by atoms with van der Waals surface area (Å²) in [5, 5.41) is 0.835. The van der Waals surface area contributed by atoms with E-state index in [-0.39, 0.29) is 5.60 Å². The predicted octanol–water partition coefficient (Wildman–Crippen LogP) is 1.72. The van der Waals surface area contributed by atoms with E-state index < -0.39 is 8.32 Å². The molecule has 0 spiro atoms. The van der Waals surface area contributed by atoms with Gasteiger partial charge in [0, 0.05) is 15.8 Å². The van der Waals surface area contributed by atoms with Gasteiger partial charge in [-0.2, -0.15) is 0 Å². The SMILES string of the molecule is CC([SiH3])[Si](C)(C)OC(C)(C)C. The fraction of sp³-hybridized carbons (Fsp3) is 1.00. The van der Waals surface area contributed by atoms with Crippen LogP contribution < -0.4 is 0 Å². The molecule has 0 aromatic carbocycles. The third kappa shape index (κ3) is 4.77. The zero-order valence-electron chi connectivity index (χ0n) is 8.99. The molecule has 0 rings (SSSR count). The molecule has 0 N–H and O–H groups in total. The average Bonchev–Trinajstić information content (AvgIpc) is 1.56. The average molecular weight is 190 g/mol. The summed E-state index contributed by atoms with van der Waals surface area (Å²) in [6, 6.07) is 0.